The molecule has 0 heterocycles. The Balaban J connectivity index is 1.97. The summed E-state index contributed by atoms with van der Waals surface area (Å²) in [5.41, 5.74) is 6.01. The number of nitrogens with two attached hydrogens (primary N) is 1. The van der Waals surface area contributed by atoms with Crippen LogP contribution in [-0.2, 0) is 11.2 Å². The summed E-state index contributed by atoms with van der Waals surface area (Å²) in [5, 5.41) is 2.89. The monoisotopic (exact) mass is 376 g/mol. The van der Waals surface area contributed by atoms with Gasteiger partial charge >= 0.3 is 12.2 Å². The van der Waals surface area contributed by atoms with Gasteiger partial charge in [-0.3, -0.25) is 0 Å². The lowest BCUT2D eigenvalue weighted by atomic mass is 9.63. The Kier molecular flexibility index (Phi) is 6.73. The lowest BCUT2D eigenvalue weighted by molar-refractivity contribution is -0.0163. The van der Waals surface area contributed by atoms with Crippen LogP contribution < -0.4 is 15.8 Å². The number of para-hydroxylation sites is 1. The first-order valence-corrected chi connectivity index (χ1v) is 9.62. The highest BCUT2D eigenvalue weighted by Crippen LogP contribution is 2.46. The maximum atomic E-state index is 12.3. The van der Waals surface area contributed by atoms with E-state index < -0.39 is 12.2 Å². The summed E-state index contributed by atoms with van der Waals surface area (Å²) in [6.45, 7) is 8.91. The Hall–Kier alpha value is -2.24. The summed E-state index contributed by atoms with van der Waals surface area (Å²) in [6, 6.07) is 7.59. The van der Waals surface area contributed by atoms with Crippen molar-refractivity contribution in [1.82, 2.24) is 5.32 Å². The molecule has 0 saturated heterocycles. The average Bonchev–Trinajstić information content (AvgIpc) is 2.52. The van der Waals surface area contributed by atoms with Crippen LogP contribution in [-0.4, -0.2) is 24.8 Å². The van der Waals surface area contributed by atoms with Crippen LogP contribution in [0.3, 0.4) is 0 Å². The molecule has 2 unspecified atom stereocenters. The van der Waals surface area contributed by atoms with Crippen molar-refractivity contribution >= 4 is 12.2 Å². The van der Waals surface area contributed by atoms with Crippen molar-refractivity contribution in [3.8, 4) is 5.75 Å². The van der Waals surface area contributed by atoms with E-state index in [0.29, 0.717) is 18.7 Å². The number of benzene rings is 1. The number of ether oxygens (including phenoxy) is 2. The summed E-state index contributed by atoms with van der Waals surface area (Å²) >= 11 is 0. The Morgan fingerprint density at radius 3 is 2.59 bits per heavy atom. The fraction of sp³-hybridized carbons (Fsp3) is 0.619. The molecular formula is C21H32N2O4. The highest BCUT2D eigenvalue weighted by atomic mass is 16.6. The molecule has 3 N–H and O–H groups in total. The lowest BCUT2D eigenvalue weighted by Gasteiger charge is -2.45. The number of hydrogen-bond donors (Lipinski definition) is 2. The van der Waals surface area contributed by atoms with Crippen LogP contribution in [0.15, 0.2) is 24.3 Å². The van der Waals surface area contributed by atoms with Gasteiger partial charge in [0.1, 0.15) is 11.9 Å². The molecule has 0 bridgehead atoms. The molecule has 2 atom stereocenters. The summed E-state index contributed by atoms with van der Waals surface area (Å²) < 4.78 is 10.8. The minimum atomic E-state index is -0.750. The molecule has 1 aromatic carbocycles. The first-order chi connectivity index (χ1) is 12.6. The number of primary amides is 1. The maximum absolute atomic E-state index is 12.3. The minimum Gasteiger partial charge on any atom is -0.446 e. The van der Waals surface area contributed by atoms with Crippen molar-refractivity contribution in [2.75, 3.05) is 6.54 Å². The molecule has 27 heavy (non-hydrogen) atoms. The highest BCUT2D eigenvalue weighted by Gasteiger charge is 2.42. The van der Waals surface area contributed by atoms with Crippen LogP contribution in [0.1, 0.15) is 58.9 Å². The third kappa shape index (κ3) is 6.45. The van der Waals surface area contributed by atoms with Crippen molar-refractivity contribution in [3.63, 3.8) is 0 Å². The fourth-order valence-electron chi connectivity index (χ4n) is 4.42. The molecule has 6 heteroatoms. The second-order valence-electron chi connectivity index (χ2n) is 8.72. The van der Waals surface area contributed by atoms with Gasteiger partial charge in [0.15, 0.2) is 0 Å². The molecule has 1 fully saturated rings. The molecule has 1 aliphatic rings. The van der Waals surface area contributed by atoms with E-state index in [0.717, 1.165) is 31.2 Å². The van der Waals surface area contributed by atoms with Gasteiger partial charge in [0.25, 0.3) is 0 Å². The average molecular weight is 376 g/mol. The van der Waals surface area contributed by atoms with Gasteiger partial charge in [0.2, 0.25) is 0 Å². The molecule has 6 nitrogen and oxygen atoms in total. The molecular weight excluding hydrogens is 344 g/mol. The van der Waals surface area contributed by atoms with E-state index in [-0.39, 0.29) is 16.9 Å². The molecule has 1 aromatic rings. The van der Waals surface area contributed by atoms with Crippen molar-refractivity contribution in [2.24, 2.45) is 16.6 Å². The second-order valence-corrected chi connectivity index (χ2v) is 8.72. The molecule has 2 rings (SSSR count). The van der Waals surface area contributed by atoms with Gasteiger partial charge in [-0.2, -0.15) is 0 Å². The zero-order valence-electron chi connectivity index (χ0n) is 16.8. The predicted octanol–water partition coefficient (Wildman–Crippen LogP) is 4.41. The van der Waals surface area contributed by atoms with E-state index >= 15 is 0 Å². The molecule has 0 spiro atoms. The molecule has 1 saturated carbocycles. The minimum absolute atomic E-state index is 0.00751. The molecule has 0 aliphatic heterocycles. The Morgan fingerprint density at radius 1 is 1.22 bits per heavy atom. The Morgan fingerprint density at radius 2 is 1.93 bits per heavy atom. The first-order valence-electron chi connectivity index (χ1n) is 9.62. The van der Waals surface area contributed by atoms with Crippen molar-refractivity contribution in [2.45, 2.75) is 65.9 Å². The largest absolute Gasteiger partial charge is 0.446 e. The number of amides is 2. The zero-order chi connectivity index (χ0) is 20.1. The van der Waals surface area contributed by atoms with Gasteiger partial charge < -0.3 is 20.5 Å². The second kappa shape index (κ2) is 8.63. The topological polar surface area (TPSA) is 90.7 Å². The van der Waals surface area contributed by atoms with Crippen LogP contribution in [0.4, 0.5) is 9.59 Å². The quantitative estimate of drug-likeness (QED) is 0.769. The summed E-state index contributed by atoms with van der Waals surface area (Å²) in [7, 11) is 0. The van der Waals surface area contributed by atoms with E-state index in [9.17, 15) is 9.59 Å². The Labute approximate surface area is 161 Å². The van der Waals surface area contributed by atoms with Gasteiger partial charge in [-0.05, 0) is 48.1 Å². The molecule has 150 valence electrons. The standard InChI is InChI=1S/C21H32N2O4/c1-5-8-15-9-6-7-10-17(15)27-19(25)23-14-21(4)12-16(26-18(22)24)11-20(2,3)13-21/h6-7,9-10,16H,5,8,11-14H2,1-4H3,(H2,22,24)(H,23,25). The SMILES string of the molecule is CCCc1ccccc1OC(=O)NCC1(C)CC(OC(N)=O)CC(C)(C)C1. The molecule has 2 amide bonds. The number of hydrogen-bond acceptors (Lipinski definition) is 4. The number of carbonyl (C=O) groups is 2. The van der Waals surface area contributed by atoms with E-state index in [1.807, 2.05) is 24.3 Å². The lowest BCUT2D eigenvalue weighted by Crippen LogP contribution is -2.47. The normalized spacial score (nSPS) is 24.1. The van der Waals surface area contributed by atoms with Gasteiger partial charge in [-0.15, -0.1) is 0 Å². The van der Waals surface area contributed by atoms with Gasteiger partial charge in [-0.1, -0.05) is 52.3 Å². The van der Waals surface area contributed by atoms with Crippen LogP contribution in [0.25, 0.3) is 0 Å². The number of carbonyl (C=O) groups excluding carboxylic acids is 2. The maximum Gasteiger partial charge on any atom is 0.412 e. The number of aryl methyl sites for hydroxylation is 1. The van der Waals surface area contributed by atoms with Gasteiger partial charge in [0, 0.05) is 6.54 Å². The van der Waals surface area contributed by atoms with Crippen LogP contribution in [0.5, 0.6) is 5.75 Å². The zero-order valence-corrected chi connectivity index (χ0v) is 16.8. The first kappa shape index (κ1) is 21.1. The third-order valence-corrected chi connectivity index (χ3v) is 5.04. The van der Waals surface area contributed by atoms with E-state index in [1.54, 1.807) is 0 Å². The van der Waals surface area contributed by atoms with Gasteiger partial charge in [-0.25, -0.2) is 9.59 Å². The number of rotatable bonds is 6. The molecule has 0 radical (unpaired) electrons. The van der Waals surface area contributed by atoms with E-state index in [2.05, 4.69) is 33.0 Å². The summed E-state index contributed by atoms with van der Waals surface area (Å²) in [4.78, 5) is 23.5. The van der Waals surface area contributed by atoms with Crippen LogP contribution in [0, 0.1) is 10.8 Å². The fourth-order valence-corrected chi connectivity index (χ4v) is 4.42. The van der Waals surface area contributed by atoms with Crippen molar-refractivity contribution < 1.29 is 19.1 Å². The third-order valence-electron chi connectivity index (χ3n) is 5.04. The molecule has 1 aliphatic carbocycles. The number of nitrogens with one attached hydrogen (secondary N) is 1. The smallest absolute Gasteiger partial charge is 0.412 e. The van der Waals surface area contributed by atoms with E-state index in [4.69, 9.17) is 15.2 Å². The summed E-state index contributed by atoms with van der Waals surface area (Å²) in [5.74, 6) is 0.598. The predicted molar refractivity (Wildman–Crippen MR) is 105 cm³/mol. The molecule has 0 aromatic heterocycles. The summed E-state index contributed by atoms with van der Waals surface area (Å²) in [6.07, 6.45) is 2.73. The Bertz CT molecular complexity index is 674. The van der Waals surface area contributed by atoms with Gasteiger partial charge in [0.05, 0.1) is 0 Å². The van der Waals surface area contributed by atoms with Crippen molar-refractivity contribution in [3.05, 3.63) is 29.8 Å². The van der Waals surface area contributed by atoms with Crippen LogP contribution in [0.2, 0.25) is 0 Å². The van der Waals surface area contributed by atoms with Crippen LogP contribution >= 0.6 is 0 Å². The highest BCUT2D eigenvalue weighted by molar-refractivity contribution is 5.70. The van der Waals surface area contributed by atoms with Crippen molar-refractivity contribution in [1.29, 1.82) is 0 Å². The van der Waals surface area contributed by atoms with E-state index in [1.165, 1.54) is 0 Å².